The molecule has 3 aromatic rings. The molecule has 0 spiro atoms. The van der Waals surface area contributed by atoms with Gasteiger partial charge in [0.2, 0.25) is 0 Å². The summed E-state index contributed by atoms with van der Waals surface area (Å²) in [5, 5.41) is 0. The minimum atomic E-state index is -4.45. The van der Waals surface area contributed by atoms with E-state index in [4.69, 9.17) is 0 Å². The second-order valence-corrected chi connectivity index (χ2v) is 3.98. The monoisotopic (exact) mass is 263 g/mol. The van der Waals surface area contributed by atoms with E-state index in [1.165, 1.54) is 23.0 Å². The fraction of sp³-hybridized carbons (Fsp3) is 0.0769. The lowest BCUT2D eigenvalue weighted by Gasteiger charge is -2.08. The molecule has 0 unspecified atom stereocenters. The van der Waals surface area contributed by atoms with Crippen molar-refractivity contribution in [2.24, 2.45) is 0 Å². The summed E-state index contributed by atoms with van der Waals surface area (Å²) in [6.45, 7) is 0. The van der Waals surface area contributed by atoms with Gasteiger partial charge in [0.1, 0.15) is 17.8 Å². The molecule has 0 radical (unpaired) electrons. The maximum atomic E-state index is 12.6. The van der Waals surface area contributed by atoms with Crippen LogP contribution in [0.3, 0.4) is 0 Å². The van der Waals surface area contributed by atoms with Gasteiger partial charge < -0.3 is 0 Å². The highest BCUT2D eigenvalue weighted by atomic mass is 19.4. The summed E-state index contributed by atoms with van der Waals surface area (Å²) in [7, 11) is 0. The maximum Gasteiger partial charge on any atom is 0.433 e. The zero-order chi connectivity index (χ0) is 13.5. The third-order valence-corrected chi connectivity index (χ3v) is 2.73. The molecule has 96 valence electrons. The molecule has 0 fully saturated rings. The summed E-state index contributed by atoms with van der Waals surface area (Å²) in [4.78, 5) is 7.76. The Morgan fingerprint density at radius 1 is 0.947 bits per heavy atom. The first-order valence-electron chi connectivity index (χ1n) is 5.52. The quantitative estimate of drug-likeness (QED) is 0.673. The lowest BCUT2D eigenvalue weighted by molar-refractivity contribution is -0.141. The topological polar surface area (TPSA) is 30.7 Å². The van der Waals surface area contributed by atoms with Crippen molar-refractivity contribution >= 4 is 11.0 Å². The number of imidazole rings is 1. The van der Waals surface area contributed by atoms with Crippen LogP contribution in [0.1, 0.15) is 5.69 Å². The van der Waals surface area contributed by atoms with Crippen LogP contribution in [0.15, 0.2) is 48.8 Å². The van der Waals surface area contributed by atoms with Crippen LogP contribution >= 0.6 is 0 Å². The fourth-order valence-corrected chi connectivity index (χ4v) is 1.86. The highest BCUT2D eigenvalue weighted by Crippen LogP contribution is 2.28. The number of aromatic nitrogens is 3. The number of halogens is 3. The minimum Gasteiger partial charge on any atom is -0.283 e. The van der Waals surface area contributed by atoms with Gasteiger partial charge in [0.15, 0.2) is 0 Å². The number of pyridine rings is 1. The molecule has 0 N–H and O–H groups in total. The van der Waals surface area contributed by atoms with Crippen LogP contribution in [0.4, 0.5) is 13.2 Å². The molecule has 0 bridgehead atoms. The van der Waals surface area contributed by atoms with E-state index in [-0.39, 0.29) is 5.82 Å². The van der Waals surface area contributed by atoms with Crippen LogP contribution in [0.5, 0.6) is 0 Å². The summed E-state index contributed by atoms with van der Waals surface area (Å²) in [5.41, 5.74) is 0.513. The third-order valence-electron chi connectivity index (χ3n) is 2.73. The van der Waals surface area contributed by atoms with Crippen LogP contribution in [0.25, 0.3) is 16.9 Å². The van der Waals surface area contributed by atoms with Crippen LogP contribution < -0.4 is 0 Å². The molecule has 2 heterocycles. The van der Waals surface area contributed by atoms with Gasteiger partial charge >= 0.3 is 6.18 Å². The number of hydrogen-bond acceptors (Lipinski definition) is 2. The average Bonchev–Trinajstić information content (AvgIpc) is 2.82. The number of fused-ring (bicyclic) bond motifs is 1. The third kappa shape index (κ3) is 2.05. The van der Waals surface area contributed by atoms with Crippen LogP contribution in [0, 0.1) is 0 Å². The number of nitrogens with zero attached hydrogens (tertiary/aromatic N) is 3. The molecular weight excluding hydrogens is 255 g/mol. The number of rotatable bonds is 1. The van der Waals surface area contributed by atoms with Crippen molar-refractivity contribution in [3.63, 3.8) is 0 Å². The molecular formula is C13H8F3N3. The van der Waals surface area contributed by atoms with Crippen molar-refractivity contribution < 1.29 is 13.2 Å². The van der Waals surface area contributed by atoms with Crippen LogP contribution in [0.2, 0.25) is 0 Å². The van der Waals surface area contributed by atoms with E-state index < -0.39 is 11.9 Å². The first kappa shape index (κ1) is 11.7. The first-order valence-corrected chi connectivity index (χ1v) is 5.52. The Balaban J connectivity index is 2.17. The number of hydrogen-bond donors (Lipinski definition) is 0. The Morgan fingerprint density at radius 3 is 2.53 bits per heavy atom. The number of benzene rings is 1. The van der Waals surface area contributed by atoms with Crippen molar-refractivity contribution in [2.45, 2.75) is 6.18 Å². The lowest BCUT2D eigenvalue weighted by atomic mass is 10.3. The predicted octanol–water partition coefficient (Wildman–Crippen LogP) is 3.44. The molecule has 19 heavy (non-hydrogen) atoms. The molecule has 0 saturated carbocycles. The van der Waals surface area contributed by atoms with E-state index >= 15 is 0 Å². The van der Waals surface area contributed by atoms with Gasteiger partial charge in [0.05, 0.1) is 11.0 Å². The smallest absolute Gasteiger partial charge is 0.283 e. The molecule has 0 atom stereocenters. The summed E-state index contributed by atoms with van der Waals surface area (Å²) in [5.74, 6) is 0.198. The van der Waals surface area contributed by atoms with E-state index in [2.05, 4.69) is 9.97 Å². The Morgan fingerprint density at radius 2 is 1.74 bits per heavy atom. The first-order chi connectivity index (χ1) is 9.05. The molecule has 0 saturated heterocycles. The van der Waals surface area contributed by atoms with E-state index in [9.17, 15) is 13.2 Å². The maximum absolute atomic E-state index is 12.6. The van der Waals surface area contributed by atoms with Crippen LogP contribution in [-0.4, -0.2) is 14.5 Å². The fourth-order valence-electron chi connectivity index (χ4n) is 1.86. The van der Waals surface area contributed by atoms with Crippen LogP contribution in [-0.2, 0) is 6.18 Å². The van der Waals surface area contributed by atoms with Gasteiger partial charge in [-0.1, -0.05) is 18.2 Å². The van der Waals surface area contributed by atoms with Gasteiger partial charge in [-0.25, -0.2) is 9.97 Å². The van der Waals surface area contributed by atoms with Gasteiger partial charge in [0.25, 0.3) is 0 Å². The summed E-state index contributed by atoms with van der Waals surface area (Å²) in [6, 6.07) is 11.0. The molecule has 2 aromatic heterocycles. The summed E-state index contributed by atoms with van der Waals surface area (Å²) in [6.07, 6.45) is -2.99. The summed E-state index contributed by atoms with van der Waals surface area (Å²) < 4.78 is 39.4. The number of para-hydroxylation sites is 2. The van der Waals surface area contributed by atoms with Crippen molar-refractivity contribution in [1.29, 1.82) is 0 Å². The van der Waals surface area contributed by atoms with Crippen molar-refractivity contribution in [1.82, 2.24) is 14.5 Å². The molecule has 6 heteroatoms. The number of alkyl halides is 3. The highest BCUT2D eigenvalue weighted by Gasteiger charge is 2.32. The zero-order valence-electron chi connectivity index (χ0n) is 9.59. The second kappa shape index (κ2) is 4.08. The normalized spacial score (nSPS) is 11.9. The highest BCUT2D eigenvalue weighted by molar-refractivity contribution is 5.76. The average molecular weight is 263 g/mol. The second-order valence-electron chi connectivity index (χ2n) is 3.98. The molecule has 3 nitrogen and oxygen atoms in total. The largest absolute Gasteiger partial charge is 0.433 e. The van der Waals surface area contributed by atoms with E-state index in [1.54, 1.807) is 18.2 Å². The Bertz CT molecular complexity index is 731. The van der Waals surface area contributed by atoms with Crippen molar-refractivity contribution in [2.75, 3.05) is 0 Å². The Labute approximate surface area is 106 Å². The van der Waals surface area contributed by atoms with Crippen molar-refractivity contribution in [3.05, 3.63) is 54.5 Å². The molecule has 3 rings (SSSR count). The Kier molecular flexibility index (Phi) is 2.51. The SMILES string of the molecule is FC(F)(F)c1cccc(-n2cnc3ccccc32)n1. The Hall–Kier alpha value is -2.37. The van der Waals surface area contributed by atoms with Crippen molar-refractivity contribution in [3.8, 4) is 5.82 Å². The zero-order valence-corrected chi connectivity index (χ0v) is 9.59. The lowest BCUT2D eigenvalue weighted by Crippen LogP contribution is -2.09. The van der Waals surface area contributed by atoms with E-state index in [1.807, 2.05) is 6.07 Å². The van der Waals surface area contributed by atoms with E-state index in [0.717, 1.165) is 6.07 Å². The molecule has 0 amide bonds. The minimum absolute atomic E-state index is 0.198. The molecule has 0 aliphatic carbocycles. The van der Waals surface area contributed by atoms with Gasteiger partial charge in [-0.3, -0.25) is 4.57 Å². The van der Waals surface area contributed by atoms with Gasteiger partial charge in [-0.15, -0.1) is 0 Å². The van der Waals surface area contributed by atoms with Gasteiger partial charge in [-0.05, 0) is 24.3 Å². The van der Waals surface area contributed by atoms with Gasteiger partial charge in [-0.2, -0.15) is 13.2 Å². The van der Waals surface area contributed by atoms with E-state index in [0.29, 0.717) is 11.0 Å². The summed E-state index contributed by atoms with van der Waals surface area (Å²) >= 11 is 0. The molecule has 0 aliphatic heterocycles. The molecule has 1 aromatic carbocycles. The standard InChI is InChI=1S/C13H8F3N3/c14-13(15,16)11-6-3-7-12(18-11)19-8-17-9-4-1-2-5-10(9)19/h1-8H. The molecule has 0 aliphatic rings. The predicted molar refractivity (Wildman–Crippen MR) is 63.9 cm³/mol. The van der Waals surface area contributed by atoms with Gasteiger partial charge in [0, 0.05) is 0 Å².